The van der Waals surface area contributed by atoms with Gasteiger partial charge in [-0.3, -0.25) is 20.0 Å². The van der Waals surface area contributed by atoms with Crippen molar-refractivity contribution < 1.29 is 14.8 Å². The summed E-state index contributed by atoms with van der Waals surface area (Å²) in [6.45, 7) is 0.00994. The summed E-state index contributed by atoms with van der Waals surface area (Å²) in [6.07, 6.45) is 4.65. The lowest BCUT2D eigenvalue weighted by Gasteiger charge is -2.30. The van der Waals surface area contributed by atoms with Gasteiger partial charge in [-0.2, -0.15) is 5.10 Å². The molecule has 0 aromatic carbocycles. The lowest BCUT2D eigenvalue weighted by Crippen LogP contribution is -2.43. The Hall–Kier alpha value is -1.96. The van der Waals surface area contributed by atoms with Crippen LogP contribution in [0.5, 0.6) is 0 Å². The normalized spacial score (nSPS) is 23.0. The molecule has 0 unspecified atom stereocenters. The van der Waals surface area contributed by atoms with Crippen LogP contribution in [0.4, 0.5) is 5.69 Å². The van der Waals surface area contributed by atoms with E-state index in [1.165, 1.54) is 0 Å². The van der Waals surface area contributed by atoms with Gasteiger partial charge in [-0.05, 0) is 12.8 Å². The van der Waals surface area contributed by atoms with E-state index in [0.717, 1.165) is 31.9 Å². The molecule has 1 aromatic rings. The molecule has 1 aromatic heterocycles. The first-order valence-electron chi connectivity index (χ1n) is 6.23. The third-order valence-electron chi connectivity index (χ3n) is 3.50. The van der Waals surface area contributed by atoms with Crippen LogP contribution in [0.25, 0.3) is 0 Å². The van der Waals surface area contributed by atoms with Crippen molar-refractivity contribution in [3.63, 3.8) is 0 Å². The number of aromatic amines is 1. The topological polar surface area (TPSA) is 121 Å². The van der Waals surface area contributed by atoms with Gasteiger partial charge in [0.2, 0.25) is 5.69 Å². The first kappa shape index (κ1) is 13.5. The van der Waals surface area contributed by atoms with Gasteiger partial charge in [-0.15, -0.1) is 0 Å². The molecule has 1 saturated carbocycles. The van der Waals surface area contributed by atoms with E-state index < -0.39 is 10.8 Å². The molecule has 0 bridgehead atoms. The summed E-state index contributed by atoms with van der Waals surface area (Å²) in [5, 5.41) is 28.6. The number of nitrogens with one attached hydrogen (secondary N) is 2. The third kappa shape index (κ3) is 2.90. The molecule has 2 atom stereocenters. The van der Waals surface area contributed by atoms with Gasteiger partial charge in [-0.25, -0.2) is 0 Å². The minimum Gasteiger partial charge on any atom is -0.396 e. The van der Waals surface area contributed by atoms with Crippen molar-refractivity contribution in [1.29, 1.82) is 0 Å². The van der Waals surface area contributed by atoms with Crippen molar-refractivity contribution in [3.8, 4) is 0 Å². The second kappa shape index (κ2) is 5.79. The molecule has 104 valence electrons. The largest absolute Gasteiger partial charge is 0.396 e. The molecular weight excluding hydrogens is 252 g/mol. The zero-order valence-electron chi connectivity index (χ0n) is 10.3. The fourth-order valence-corrected chi connectivity index (χ4v) is 2.44. The highest BCUT2D eigenvalue weighted by atomic mass is 16.6. The average molecular weight is 268 g/mol. The smallest absolute Gasteiger partial charge is 0.319 e. The molecule has 0 spiro atoms. The van der Waals surface area contributed by atoms with Gasteiger partial charge < -0.3 is 10.4 Å². The molecule has 0 radical (unpaired) electrons. The van der Waals surface area contributed by atoms with Crippen LogP contribution in [0.1, 0.15) is 36.2 Å². The fourth-order valence-electron chi connectivity index (χ4n) is 2.44. The number of carbonyl (C=O) groups excluding carboxylic acids is 1. The standard InChI is InChI=1S/C11H16N4O4/c16-6-7-3-1-2-4-8(7)13-11(17)10-9(15(18)19)5-12-14-10/h5,7-8,16H,1-4,6H2,(H,12,14)(H,13,17)/t7-,8-/m0/s1. The molecule has 1 aliphatic rings. The number of nitrogens with zero attached hydrogens (tertiary/aromatic N) is 2. The quantitative estimate of drug-likeness (QED) is 0.545. The summed E-state index contributed by atoms with van der Waals surface area (Å²) in [7, 11) is 0. The van der Waals surface area contributed by atoms with E-state index in [0.29, 0.717) is 0 Å². The summed E-state index contributed by atoms with van der Waals surface area (Å²) in [6, 6.07) is -0.144. The van der Waals surface area contributed by atoms with E-state index in [9.17, 15) is 20.0 Å². The van der Waals surface area contributed by atoms with E-state index in [4.69, 9.17) is 0 Å². The van der Waals surface area contributed by atoms with Crippen molar-refractivity contribution in [2.75, 3.05) is 6.61 Å². The molecule has 0 aliphatic heterocycles. The summed E-state index contributed by atoms with van der Waals surface area (Å²) >= 11 is 0. The Bertz CT molecular complexity index is 473. The van der Waals surface area contributed by atoms with Gasteiger partial charge in [0.15, 0.2) is 0 Å². The molecule has 0 saturated heterocycles. The van der Waals surface area contributed by atoms with Crippen LogP contribution in [0.15, 0.2) is 6.20 Å². The first-order valence-corrected chi connectivity index (χ1v) is 6.23. The van der Waals surface area contributed by atoms with Crippen LogP contribution in [0.2, 0.25) is 0 Å². The number of amides is 1. The van der Waals surface area contributed by atoms with E-state index in [1.807, 2.05) is 0 Å². The molecule has 1 aliphatic carbocycles. The maximum absolute atomic E-state index is 12.0. The Kier molecular flexibility index (Phi) is 4.10. The van der Waals surface area contributed by atoms with Gasteiger partial charge in [0.1, 0.15) is 6.20 Å². The van der Waals surface area contributed by atoms with Crippen molar-refractivity contribution in [1.82, 2.24) is 15.5 Å². The number of aromatic nitrogens is 2. The Balaban J connectivity index is 2.07. The zero-order chi connectivity index (χ0) is 13.8. The highest BCUT2D eigenvalue weighted by molar-refractivity contribution is 5.96. The van der Waals surface area contributed by atoms with Crippen LogP contribution < -0.4 is 5.32 Å². The molecule has 2 rings (SSSR count). The highest BCUT2D eigenvalue weighted by Crippen LogP contribution is 2.24. The van der Waals surface area contributed by atoms with E-state index >= 15 is 0 Å². The van der Waals surface area contributed by atoms with Crippen molar-refractivity contribution in [2.24, 2.45) is 5.92 Å². The summed E-state index contributed by atoms with van der Waals surface area (Å²) in [4.78, 5) is 22.1. The molecular formula is C11H16N4O4. The molecule has 1 fully saturated rings. The van der Waals surface area contributed by atoms with Crippen molar-refractivity contribution in [3.05, 3.63) is 22.0 Å². The monoisotopic (exact) mass is 268 g/mol. The van der Waals surface area contributed by atoms with Crippen LogP contribution in [0, 0.1) is 16.0 Å². The number of carbonyl (C=O) groups is 1. The minimum absolute atomic E-state index is 0.00994. The number of hydrogen-bond donors (Lipinski definition) is 3. The Labute approximate surface area is 109 Å². The lowest BCUT2D eigenvalue weighted by atomic mass is 9.85. The van der Waals surface area contributed by atoms with Gasteiger partial charge in [0.05, 0.1) is 4.92 Å². The predicted octanol–water partition coefficient (Wildman–Crippen LogP) is 0.599. The molecule has 19 heavy (non-hydrogen) atoms. The second-order valence-corrected chi connectivity index (χ2v) is 4.69. The number of H-pyrrole nitrogens is 1. The number of hydrogen-bond acceptors (Lipinski definition) is 5. The van der Waals surface area contributed by atoms with Gasteiger partial charge in [0, 0.05) is 18.6 Å². The number of rotatable bonds is 4. The Morgan fingerprint density at radius 3 is 3.00 bits per heavy atom. The van der Waals surface area contributed by atoms with Crippen LogP contribution in [-0.4, -0.2) is 38.8 Å². The highest BCUT2D eigenvalue weighted by Gasteiger charge is 2.29. The lowest BCUT2D eigenvalue weighted by molar-refractivity contribution is -0.385. The molecule has 1 heterocycles. The van der Waals surface area contributed by atoms with Gasteiger partial charge in [-0.1, -0.05) is 12.8 Å². The van der Waals surface area contributed by atoms with E-state index in [1.54, 1.807) is 0 Å². The average Bonchev–Trinajstić information content (AvgIpc) is 2.88. The number of aliphatic hydroxyl groups is 1. The van der Waals surface area contributed by atoms with E-state index in [2.05, 4.69) is 15.5 Å². The summed E-state index contributed by atoms with van der Waals surface area (Å²) in [5.41, 5.74) is -0.485. The van der Waals surface area contributed by atoms with Gasteiger partial charge >= 0.3 is 5.69 Å². The SMILES string of the molecule is O=C(N[C@H]1CCCC[C@H]1CO)c1[nH]ncc1[N+](=O)[O-]. The molecule has 8 nitrogen and oxygen atoms in total. The molecule has 1 amide bonds. The minimum atomic E-state index is -0.650. The van der Waals surface area contributed by atoms with Crippen LogP contribution in [0.3, 0.4) is 0 Å². The number of aliphatic hydroxyl groups excluding tert-OH is 1. The first-order chi connectivity index (χ1) is 9.13. The van der Waals surface area contributed by atoms with Crippen molar-refractivity contribution in [2.45, 2.75) is 31.7 Å². The predicted molar refractivity (Wildman–Crippen MR) is 65.5 cm³/mol. The fraction of sp³-hybridized carbons (Fsp3) is 0.636. The summed E-state index contributed by atoms with van der Waals surface area (Å²) in [5.74, 6) is -0.533. The molecule has 3 N–H and O–H groups in total. The maximum atomic E-state index is 12.0. The Morgan fingerprint density at radius 1 is 1.58 bits per heavy atom. The van der Waals surface area contributed by atoms with E-state index in [-0.39, 0.29) is 29.9 Å². The maximum Gasteiger partial charge on any atom is 0.319 e. The van der Waals surface area contributed by atoms with Gasteiger partial charge in [0.25, 0.3) is 5.91 Å². The number of nitro groups is 1. The van der Waals surface area contributed by atoms with Crippen molar-refractivity contribution >= 4 is 11.6 Å². The summed E-state index contributed by atoms with van der Waals surface area (Å²) < 4.78 is 0. The Morgan fingerprint density at radius 2 is 2.32 bits per heavy atom. The van der Waals surface area contributed by atoms with Crippen LogP contribution in [-0.2, 0) is 0 Å². The molecule has 8 heteroatoms. The third-order valence-corrected chi connectivity index (χ3v) is 3.50. The second-order valence-electron chi connectivity index (χ2n) is 4.69. The zero-order valence-corrected chi connectivity index (χ0v) is 10.3. The van der Waals surface area contributed by atoms with Crippen LogP contribution >= 0.6 is 0 Å².